The Morgan fingerprint density at radius 2 is 1.72 bits per heavy atom. The Bertz CT molecular complexity index is 1410. The van der Waals surface area contributed by atoms with Crippen molar-refractivity contribution in [2.45, 2.75) is 33.2 Å². The zero-order valence-electron chi connectivity index (χ0n) is 18.6. The zero-order valence-corrected chi connectivity index (χ0v) is 18.6. The van der Waals surface area contributed by atoms with Gasteiger partial charge in [0, 0.05) is 41.5 Å². The van der Waals surface area contributed by atoms with E-state index in [2.05, 4.69) is 83.7 Å². The Morgan fingerprint density at radius 1 is 0.938 bits per heavy atom. The van der Waals surface area contributed by atoms with E-state index >= 15 is 0 Å². The molecule has 0 bridgehead atoms. The van der Waals surface area contributed by atoms with Crippen LogP contribution in [0.15, 0.2) is 67.3 Å². The molecule has 32 heavy (non-hydrogen) atoms. The first-order chi connectivity index (χ1) is 15.3. The Morgan fingerprint density at radius 3 is 2.41 bits per heavy atom. The molecule has 5 rings (SSSR count). The molecule has 0 saturated carbocycles. The maximum Gasteiger partial charge on any atom is 0.219 e. The minimum Gasteiger partial charge on any atom is -0.368 e. The van der Waals surface area contributed by atoms with Gasteiger partial charge in [0.15, 0.2) is 0 Å². The van der Waals surface area contributed by atoms with Gasteiger partial charge < -0.3 is 10.3 Å². The molecule has 0 radical (unpaired) electrons. The van der Waals surface area contributed by atoms with Gasteiger partial charge in [-0.1, -0.05) is 17.7 Å². The fourth-order valence-electron chi connectivity index (χ4n) is 4.05. The topological polar surface area (TPSA) is 87.4 Å². The van der Waals surface area contributed by atoms with Crippen molar-refractivity contribution in [1.29, 1.82) is 0 Å². The van der Waals surface area contributed by atoms with Crippen LogP contribution in [0.3, 0.4) is 0 Å². The van der Waals surface area contributed by atoms with Crippen molar-refractivity contribution in [3.63, 3.8) is 0 Å². The van der Waals surface area contributed by atoms with Crippen LogP contribution < -0.4 is 5.73 Å². The molecule has 0 aliphatic heterocycles. The van der Waals surface area contributed by atoms with Crippen molar-refractivity contribution in [2.75, 3.05) is 5.73 Å². The van der Waals surface area contributed by atoms with E-state index in [-0.39, 0.29) is 11.5 Å². The maximum atomic E-state index is 5.65. The summed E-state index contributed by atoms with van der Waals surface area (Å²) < 4.78 is 4.19. The van der Waals surface area contributed by atoms with Crippen molar-refractivity contribution < 1.29 is 0 Å². The van der Waals surface area contributed by atoms with Gasteiger partial charge >= 0.3 is 0 Å². The van der Waals surface area contributed by atoms with Crippen LogP contribution >= 0.6 is 0 Å². The van der Waals surface area contributed by atoms with Crippen molar-refractivity contribution in [2.24, 2.45) is 0 Å². The van der Waals surface area contributed by atoms with Crippen LogP contribution in [-0.2, 0) is 5.54 Å². The summed E-state index contributed by atoms with van der Waals surface area (Å²) in [6, 6.07) is 14.6. The van der Waals surface area contributed by atoms with Crippen LogP contribution in [0.5, 0.6) is 0 Å². The minimum absolute atomic E-state index is 0.180. The van der Waals surface area contributed by atoms with Crippen LogP contribution in [0.1, 0.15) is 26.3 Å². The summed E-state index contributed by atoms with van der Waals surface area (Å²) in [5.74, 6) is 1.17. The third-order valence-electron chi connectivity index (χ3n) is 5.47. The molecule has 0 spiro atoms. The van der Waals surface area contributed by atoms with Gasteiger partial charge in [-0.2, -0.15) is 5.10 Å². The third-order valence-corrected chi connectivity index (χ3v) is 5.47. The number of nitrogens with zero attached hydrogens (tertiary/aromatic N) is 6. The van der Waals surface area contributed by atoms with Crippen LogP contribution in [0, 0.1) is 6.92 Å². The van der Waals surface area contributed by atoms with Gasteiger partial charge in [-0.3, -0.25) is 0 Å². The van der Waals surface area contributed by atoms with E-state index in [0.29, 0.717) is 0 Å². The molecule has 2 aromatic carbocycles. The standard InChI is InChI=1S/C25H25N7/c1-16-6-8-21(31-11-5-10-29-31)19(12-16)23-30-20-13-17(18-14-27-24(26)28-15-18)7-9-22(20)32(23)25(2,3)4/h5-15H,1-4H3,(H2,26,27,28). The molecule has 0 aliphatic carbocycles. The number of anilines is 1. The van der Waals surface area contributed by atoms with E-state index in [9.17, 15) is 0 Å². The first-order valence-electron chi connectivity index (χ1n) is 10.5. The molecule has 0 atom stereocenters. The molecule has 2 N–H and O–H groups in total. The maximum absolute atomic E-state index is 5.65. The van der Waals surface area contributed by atoms with Gasteiger partial charge in [0.1, 0.15) is 5.82 Å². The highest BCUT2D eigenvalue weighted by Crippen LogP contribution is 2.36. The Labute approximate surface area is 186 Å². The summed E-state index contributed by atoms with van der Waals surface area (Å²) in [5.41, 5.74) is 12.6. The highest BCUT2D eigenvalue weighted by molar-refractivity contribution is 5.87. The monoisotopic (exact) mass is 423 g/mol. The average Bonchev–Trinajstić information content (AvgIpc) is 3.41. The van der Waals surface area contributed by atoms with Gasteiger partial charge in [-0.15, -0.1) is 0 Å². The largest absolute Gasteiger partial charge is 0.368 e. The summed E-state index contributed by atoms with van der Waals surface area (Å²) in [6.07, 6.45) is 7.22. The molecule has 5 aromatic rings. The molecule has 0 aliphatic rings. The number of fused-ring (bicyclic) bond motifs is 1. The molecule has 7 heteroatoms. The lowest BCUT2D eigenvalue weighted by atomic mass is 10.0. The van der Waals surface area contributed by atoms with E-state index in [1.165, 1.54) is 5.56 Å². The predicted octanol–water partition coefficient (Wildman–Crippen LogP) is 4.99. The second kappa shape index (κ2) is 7.30. The number of nitrogens with two attached hydrogens (primary N) is 1. The molecule has 3 aromatic heterocycles. The van der Waals surface area contributed by atoms with Gasteiger partial charge in [0.2, 0.25) is 5.95 Å². The number of aryl methyl sites for hydroxylation is 1. The van der Waals surface area contributed by atoms with Crippen LogP contribution in [0.2, 0.25) is 0 Å². The SMILES string of the molecule is Cc1ccc(-n2cccn2)c(-c2nc3cc(-c4cnc(N)nc4)ccc3n2C(C)(C)C)c1. The highest BCUT2D eigenvalue weighted by atomic mass is 15.3. The number of imidazole rings is 1. The second-order valence-electron chi connectivity index (χ2n) is 8.95. The number of rotatable bonds is 3. The fraction of sp³-hybridized carbons (Fsp3) is 0.200. The van der Waals surface area contributed by atoms with E-state index in [0.717, 1.165) is 39.2 Å². The normalized spacial score (nSPS) is 11.9. The lowest BCUT2D eigenvalue weighted by Crippen LogP contribution is -2.23. The molecule has 0 saturated heterocycles. The zero-order chi connectivity index (χ0) is 22.5. The number of hydrogen-bond donors (Lipinski definition) is 1. The van der Waals surface area contributed by atoms with Crippen LogP contribution in [0.25, 0.3) is 39.2 Å². The van der Waals surface area contributed by atoms with Crippen molar-refractivity contribution >= 4 is 17.0 Å². The Balaban J connectivity index is 1.77. The summed E-state index contributed by atoms with van der Waals surface area (Å²) in [4.78, 5) is 13.4. The Kier molecular flexibility index (Phi) is 4.55. The molecular formula is C25H25N7. The number of nitrogen functional groups attached to an aromatic ring is 1. The molecule has 7 nitrogen and oxygen atoms in total. The summed E-state index contributed by atoms with van der Waals surface area (Å²) in [7, 11) is 0. The summed E-state index contributed by atoms with van der Waals surface area (Å²) in [5, 5.41) is 4.46. The van der Waals surface area contributed by atoms with E-state index in [4.69, 9.17) is 10.7 Å². The summed E-state index contributed by atoms with van der Waals surface area (Å²) in [6.45, 7) is 8.69. The molecule has 160 valence electrons. The third kappa shape index (κ3) is 3.41. The van der Waals surface area contributed by atoms with Crippen LogP contribution in [0.4, 0.5) is 5.95 Å². The summed E-state index contributed by atoms with van der Waals surface area (Å²) >= 11 is 0. The predicted molar refractivity (Wildman–Crippen MR) is 127 cm³/mol. The first kappa shape index (κ1) is 19.9. The Hall–Kier alpha value is -4.00. The minimum atomic E-state index is -0.180. The van der Waals surface area contributed by atoms with E-state index in [1.807, 2.05) is 16.9 Å². The van der Waals surface area contributed by atoms with Crippen molar-refractivity contribution in [3.8, 4) is 28.2 Å². The first-order valence-corrected chi connectivity index (χ1v) is 10.5. The van der Waals surface area contributed by atoms with E-state index in [1.54, 1.807) is 18.6 Å². The number of aromatic nitrogens is 6. The molecule has 0 unspecified atom stereocenters. The number of benzene rings is 2. The van der Waals surface area contributed by atoms with Gasteiger partial charge in [-0.25, -0.2) is 19.6 Å². The quantitative estimate of drug-likeness (QED) is 0.442. The van der Waals surface area contributed by atoms with Gasteiger partial charge in [0.25, 0.3) is 0 Å². The lowest BCUT2D eigenvalue weighted by Gasteiger charge is -2.25. The second-order valence-corrected chi connectivity index (χ2v) is 8.95. The van der Waals surface area contributed by atoms with Gasteiger partial charge in [-0.05, 0) is 63.6 Å². The molecule has 0 fully saturated rings. The van der Waals surface area contributed by atoms with Crippen LogP contribution in [-0.4, -0.2) is 29.3 Å². The molecule has 3 heterocycles. The number of hydrogen-bond acceptors (Lipinski definition) is 5. The molecule has 0 amide bonds. The lowest BCUT2D eigenvalue weighted by molar-refractivity contribution is 0.413. The smallest absolute Gasteiger partial charge is 0.219 e. The fourth-order valence-corrected chi connectivity index (χ4v) is 4.05. The van der Waals surface area contributed by atoms with Crippen molar-refractivity contribution in [3.05, 3.63) is 72.8 Å². The van der Waals surface area contributed by atoms with E-state index < -0.39 is 0 Å². The average molecular weight is 424 g/mol. The van der Waals surface area contributed by atoms with Gasteiger partial charge in [0.05, 0.1) is 16.7 Å². The molecular weight excluding hydrogens is 398 g/mol. The van der Waals surface area contributed by atoms with Crippen molar-refractivity contribution in [1.82, 2.24) is 29.3 Å². The highest BCUT2D eigenvalue weighted by Gasteiger charge is 2.24.